The van der Waals surface area contributed by atoms with Gasteiger partial charge in [0.1, 0.15) is 53.4 Å². The van der Waals surface area contributed by atoms with Crippen LogP contribution in [0.4, 0.5) is 11.8 Å². The van der Waals surface area contributed by atoms with Crippen molar-refractivity contribution in [2.75, 3.05) is 144 Å². The number of methoxy groups -OCH3 is 2. The number of aryl methyl sites for hydroxylation is 1. The summed E-state index contributed by atoms with van der Waals surface area (Å²) in [6.07, 6.45) is 13.2. The Morgan fingerprint density at radius 1 is 0.756 bits per heavy atom. The number of cyclic esters (lactones) is 1. The molecule has 1 aliphatic carbocycles. The average Bonchev–Trinajstić information content (AvgIpc) is 1.68. The summed E-state index contributed by atoms with van der Waals surface area (Å²) < 4.78 is 78.0. The molecule has 14 atom stereocenters. The summed E-state index contributed by atoms with van der Waals surface area (Å²) in [6, 6.07) is 3.43. The van der Waals surface area contributed by atoms with Crippen molar-refractivity contribution >= 4 is 69.0 Å². The molecule has 7 heterocycles. The number of nitrogens with two attached hydrogens (primary N) is 3. The number of piperidine rings is 1. The summed E-state index contributed by atoms with van der Waals surface area (Å²) in [5.41, 5.74) is 24.2. The second kappa shape index (κ2) is 51.8. The molecule has 4 aliphatic rings. The standard InChI is InChI=1S/C86H130N14O23/c1-56-16-9-8-10-17-57(2)71(110-6)51-64-18-15-25-86(109,123-64)80(106)83(107)99-27-13-11-19-68(99)84(108)121-72(65(87)48-61-20-22-69(101)73(49-61)111-7)52-66(58(3)47-60(5)78(104)79(105)77(103)59(4)46-56)96-120-54-63-53-98(97-94-63)29-31-113-33-35-115-37-39-117-41-43-119-45-44-118-42-40-116-38-36-114-34-32-112-30-24-74(102)90-26-12-14-28-100-82-75(81(88)91-55-92-82)76(95-100)62-21-23-70-67(50-62)93-85(89)122-70/h8-10,16-17,21,23,47,50,53,55-56,58-59,61,64-65,68-69,71-73,78-79,101,104-105,109H,11-15,18-20,22,24-46,48-49,51-52,54,87H2,1-7H3,(H2,89,93)(H,90,102)(H2,88,91,92)/b10-8+,16-9+,57-17+,60-47+,96-66-/t56-,58-,59-,61+,64+,65-,68+,69-,71+,72+,73-,78-,79+,86-/m1/s1. The number of nitrogens with one attached hydrogen (secondary N) is 1. The number of hydrogen-bond acceptors (Lipinski definition) is 33. The highest BCUT2D eigenvalue weighted by molar-refractivity contribution is 6.39. The van der Waals surface area contributed by atoms with Crippen LogP contribution in [0.2, 0.25) is 0 Å². The Balaban J connectivity index is 0.649. The van der Waals surface area contributed by atoms with Crippen molar-refractivity contribution in [3.05, 3.63) is 84.0 Å². The monoisotopic (exact) mass is 1730 g/mol. The first-order valence-corrected chi connectivity index (χ1v) is 43.1. The van der Waals surface area contributed by atoms with Crippen molar-refractivity contribution in [2.24, 2.45) is 34.6 Å². The van der Waals surface area contributed by atoms with Crippen molar-refractivity contribution in [2.45, 2.75) is 218 Å². The lowest BCUT2D eigenvalue weighted by molar-refractivity contribution is -0.245. The van der Waals surface area contributed by atoms with Crippen molar-refractivity contribution in [3.8, 4) is 11.3 Å². The van der Waals surface area contributed by atoms with E-state index < -0.39 is 95.9 Å². The Bertz CT molecular complexity index is 4250. The molecule has 0 spiro atoms. The van der Waals surface area contributed by atoms with Crippen LogP contribution in [0.3, 0.4) is 0 Å². The van der Waals surface area contributed by atoms with Gasteiger partial charge >= 0.3 is 5.97 Å². The molecule has 3 aliphatic heterocycles. The number of carbonyl (C=O) groups is 5. The lowest BCUT2D eigenvalue weighted by Crippen LogP contribution is -2.58. The molecule has 2 bridgehead atoms. The first kappa shape index (κ1) is 98.3. The SMILES string of the molecule is CO[C@H]1C[C@@H]2CCC[C@@](O)(O2)C(=O)C(=O)N2CCCC[C@H]2C(=O)O[C@H]([C@H](N)C[C@@H]2CC[C@@H](O)[C@H](OC)C2)C/C(=N/OCc2cn(CCOCCOCCOCCOCCOCCOCCOCCOCCC(=O)NCCCCn3nc(-c4ccc5oc(N)nc5c4)c4c(N)ncnc43)nn2)[C@H](C)/C=C(\C)[C@@H](O)[C@@H](O)C(=O)[C@H](C)C[C@H](C)/C=C/C=C/C=C/1C. The Morgan fingerprint density at radius 3 is 2.12 bits per heavy atom. The number of hydrogen-bond donors (Lipinski definition) is 8. The zero-order chi connectivity index (χ0) is 88.1. The van der Waals surface area contributed by atoms with E-state index >= 15 is 0 Å². The van der Waals surface area contributed by atoms with E-state index in [9.17, 15) is 44.4 Å². The number of oxazole rings is 1. The van der Waals surface area contributed by atoms with Crippen LogP contribution in [0.5, 0.6) is 0 Å². The number of aromatic nitrogens is 8. The minimum atomic E-state index is -2.46. The molecule has 11 N–H and O–H groups in total. The lowest BCUT2D eigenvalue weighted by Gasteiger charge is -2.40. The first-order chi connectivity index (χ1) is 59.4. The van der Waals surface area contributed by atoms with Gasteiger partial charge in [-0.2, -0.15) is 10.1 Å². The minimum absolute atomic E-state index is 0.0218. The number of unbranched alkanes of at least 4 members (excludes halogenated alkanes) is 1. The highest BCUT2D eigenvalue weighted by Gasteiger charge is 2.50. The maximum Gasteiger partial charge on any atom is 0.329 e. The number of nitrogens with zero attached hydrogens (tertiary/aromatic N) is 10. The predicted octanol–water partition coefficient (Wildman–Crippen LogP) is 5.80. The zero-order valence-electron chi connectivity index (χ0n) is 72.3. The van der Waals surface area contributed by atoms with Gasteiger partial charge in [0.25, 0.3) is 17.7 Å². The van der Waals surface area contributed by atoms with Gasteiger partial charge in [-0.15, -0.1) is 5.10 Å². The normalized spacial score (nSPS) is 26.7. The number of ether oxygens (including phenoxy) is 12. The molecule has 1 aromatic carbocycles. The third-order valence-corrected chi connectivity index (χ3v) is 22.4. The molecule has 2 amide bonds. The highest BCUT2D eigenvalue weighted by atomic mass is 16.6. The van der Waals surface area contributed by atoms with Gasteiger partial charge in [0.05, 0.1) is 154 Å². The minimum Gasteiger partial charge on any atom is -0.459 e. The molecular formula is C86H130N14O23. The Labute approximate surface area is 718 Å². The number of rotatable bonds is 41. The molecule has 5 aromatic rings. The van der Waals surface area contributed by atoms with Gasteiger partial charge < -0.3 is 114 Å². The van der Waals surface area contributed by atoms with Crippen LogP contribution < -0.4 is 22.5 Å². The van der Waals surface area contributed by atoms with Crippen LogP contribution in [0.25, 0.3) is 33.4 Å². The highest BCUT2D eigenvalue weighted by Crippen LogP contribution is 2.37. The number of allylic oxidation sites excluding steroid dienone is 6. The van der Waals surface area contributed by atoms with Crippen molar-refractivity contribution < 1.29 is 110 Å². The summed E-state index contributed by atoms with van der Waals surface area (Å²) in [4.78, 5) is 90.1. The smallest absolute Gasteiger partial charge is 0.329 e. The summed E-state index contributed by atoms with van der Waals surface area (Å²) in [7, 11) is 3.09. The quantitative estimate of drug-likeness (QED) is 0.00753. The molecule has 4 aromatic heterocycles. The molecule has 2 saturated heterocycles. The first-order valence-electron chi connectivity index (χ1n) is 43.1. The largest absolute Gasteiger partial charge is 0.459 e. The Kier molecular flexibility index (Phi) is 41.4. The van der Waals surface area contributed by atoms with Crippen molar-refractivity contribution in [3.63, 3.8) is 0 Å². The second-order valence-electron chi connectivity index (χ2n) is 31.9. The number of oxime groups is 1. The van der Waals surface area contributed by atoms with Crippen molar-refractivity contribution in [1.29, 1.82) is 0 Å². The molecule has 123 heavy (non-hydrogen) atoms. The van der Waals surface area contributed by atoms with E-state index in [1.165, 1.54) is 13.4 Å². The number of aliphatic hydroxyl groups excluding tert-OH is 3. The van der Waals surface area contributed by atoms with E-state index in [0.717, 1.165) is 28.9 Å². The summed E-state index contributed by atoms with van der Waals surface area (Å²) >= 11 is 0. The number of fused-ring (bicyclic) bond motifs is 5. The molecule has 9 rings (SSSR count). The van der Waals surface area contributed by atoms with Gasteiger partial charge in [0.15, 0.2) is 23.6 Å². The molecule has 1 saturated carbocycles. The van der Waals surface area contributed by atoms with Gasteiger partial charge in [-0.05, 0) is 132 Å². The fourth-order valence-corrected chi connectivity index (χ4v) is 15.5. The molecule has 3 fully saturated rings. The van der Waals surface area contributed by atoms with E-state index in [1.807, 2.05) is 56.4 Å². The number of anilines is 2. The fraction of sp³-hybridized carbons (Fsp3) is 0.674. The molecule has 0 unspecified atom stereocenters. The number of aliphatic hydroxyl groups is 4. The van der Waals surface area contributed by atoms with E-state index in [-0.39, 0.29) is 86.9 Å². The van der Waals surface area contributed by atoms with Gasteiger partial charge in [-0.3, -0.25) is 19.2 Å². The predicted molar refractivity (Wildman–Crippen MR) is 452 cm³/mol. The molecule has 0 radical (unpaired) electrons. The number of carbonyl (C=O) groups excluding carboxylic acids is 5. The van der Waals surface area contributed by atoms with Crippen molar-refractivity contribution in [1.82, 2.24) is 49.9 Å². The summed E-state index contributed by atoms with van der Waals surface area (Å²) in [5, 5.41) is 67.3. The lowest BCUT2D eigenvalue weighted by atomic mass is 9.80. The van der Waals surface area contributed by atoms with Crippen LogP contribution in [-0.4, -0.2) is 294 Å². The van der Waals surface area contributed by atoms with E-state index in [0.29, 0.717) is 216 Å². The van der Waals surface area contributed by atoms with Crippen LogP contribution in [0, 0.1) is 23.7 Å². The van der Waals surface area contributed by atoms with Crippen LogP contribution >= 0.6 is 0 Å². The Morgan fingerprint density at radius 2 is 1.44 bits per heavy atom. The van der Waals surface area contributed by atoms with Gasteiger partial charge in [0, 0.05) is 83.0 Å². The number of ketones is 2. The second-order valence-corrected chi connectivity index (χ2v) is 31.9. The number of amides is 2. The zero-order valence-corrected chi connectivity index (χ0v) is 72.3. The molecule has 37 nitrogen and oxygen atoms in total. The maximum atomic E-state index is 14.9. The van der Waals surface area contributed by atoms with Gasteiger partial charge in [-0.25, -0.2) is 24.1 Å². The average molecular weight is 1730 g/mol. The van der Waals surface area contributed by atoms with E-state index in [4.69, 9.17) is 88.4 Å². The third kappa shape index (κ3) is 31.3. The molecule has 682 valence electrons. The van der Waals surface area contributed by atoms with Gasteiger partial charge in [0.2, 0.25) is 11.7 Å². The molecular weight excluding hydrogens is 1600 g/mol. The third-order valence-electron chi connectivity index (χ3n) is 22.4. The van der Waals surface area contributed by atoms with Crippen LogP contribution in [0.1, 0.15) is 143 Å². The van der Waals surface area contributed by atoms with Crippen LogP contribution in [-0.2, 0) is 105 Å². The topological polar surface area (TPSA) is 492 Å². The summed E-state index contributed by atoms with van der Waals surface area (Å²) in [6.45, 7) is 16.0. The number of Topliss-reactive ketones (excluding diaryl/α,β-unsaturated/α-hetero) is 2. The number of nitrogen functional groups attached to an aromatic ring is 2. The summed E-state index contributed by atoms with van der Waals surface area (Å²) in [5.74, 6) is -7.39. The van der Waals surface area contributed by atoms with Crippen LogP contribution in [0.15, 0.2) is 87.9 Å². The van der Waals surface area contributed by atoms with E-state index in [2.05, 4.69) is 35.7 Å². The number of esters is 1. The Hall–Kier alpha value is -8.48. The van der Waals surface area contributed by atoms with Gasteiger partial charge in [-0.1, -0.05) is 67.6 Å². The number of benzene rings is 1. The van der Waals surface area contributed by atoms with E-state index in [1.54, 1.807) is 55.6 Å². The fourth-order valence-electron chi connectivity index (χ4n) is 15.5. The maximum absolute atomic E-state index is 14.9. The molecule has 37 heteroatoms.